The topological polar surface area (TPSA) is 30.5 Å². The first kappa shape index (κ1) is 15.8. The van der Waals surface area contributed by atoms with Crippen molar-refractivity contribution in [3.05, 3.63) is 42.0 Å². The summed E-state index contributed by atoms with van der Waals surface area (Å²) in [5.41, 5.74) is 1.37. The van der Waals surface area contributed by atoms with Crippen LogP contribution in [0.1, 0.15) is 24.8 Å². The maximum atomic E-state index is 5.27. The maximum Gasteiger partial charge on any atom is 0.119 e. The monoisotopic (exact) mass is 287 g/mol. The van der Waals surface area contributed by atoms with Crippen LogP contribution in [0, 0.1) is 0 Å². The van der Waals surface area contributed by atoms with Crippen LogP contribution in [-0.2, 0) is 4.74 Å². The van der Waals surface area contributed by atoms with E-state index in [2.05, 4.69) is 42.6 Å². The number of hydrogen-bond donors (Lipinski definition) is 1. The lowest BCUT2D eigenvalue weighted by Gasteiger charge is -2.14. The van der Waals surface area contributed by atoms with E-state index in [0.717, 1.165) is 31.9 Å². The average molecular weight is 287 g/mol. The number of nitrogens with one attached hydrogen (secondary N) is 1. The zero-order valence-electron chi connectivity index (χ0n) is 13.2. The minimum Gasteiger partial charge on any atom is -0.497 e. The number of methoxy groups -OCH3 is 2. The predicted octanol–water partition coefficient (Wildman–Crippen LogP) is 3.58. The minimum absolute atomic E-state index is 0.499. The summed E-state index contributed by atoms with van der Waals surface area (Å²) in [6.45, 7) is 5.07. The highest BCUT2D eigenvalue weighted by Gasteiger charge is 2.06. The van der Waals surface area contributed by atoms with Crippen LogP contribution >= 0.6 is 0 Å². The average Bonchev–Trinajstić information content (AvgIpc) is 2.53. The fraction of sp³-hybridized carbons (Fsp3) is 0.444. The van der Waals surface area contributed by atoms with Crippen LogP contribution in [0.4, 0.5) is 0 Å². The fourth-order valence-corrected chi connectivity index (χ4v) is 2.45. The van der Waals surface area contributed by atoms with Gasteiger partial charge in [0.1, 0.15) is 5.75 Å². The molecular formula is C18H25NO2. The highest BCUT2D eigenvalue weighted by Crippen LogP contribution is 2.24. The third-order valence-corrected chi connectivity index (χ3v) is 3.79. The van der Waals surface area contributed by atoms with Gasteiger partial charge in [0.15, 0.2) is 0 Å². The highest BCUT2D eigenvalue weighted by molar-refractivity contribution is 5.84. The molecule has 0 saturated heterocycles. The van der Waals surface area contributed by atoms with Gasteiger partial charge in [-0.3, -0.25) is 0 Å². The quantitative estimate of drug-likeness (QED) is 0.753. The lowest BCUT2D eigenvalue weighted by Crippen LogP contribution is -2.22. The SMILES string of the molecule is COCCCNCC(C)c1ccc2cc(OC)ccc2c1. The Morgan fingerprint density at radius 3 is 2.57 bits per heavy atom. The molecule has 21 heavy (non-hydrogen) atoms. The standard InChI is InChI=1S/C18H25NO2/c1-14(13-19-9-4-10-20-2)15-5-6-17-12-18(21-3)8-7-16(17)11-15/h5-8,11-12,14,19H,4,9-10,13H2,1-3H3. The molecule has 0 amide bonds. The molecule has 0 aliphatic carbocycles. The van der Waals surface area contributed by atoms with Gasteiger partial charge in [0.2, 0.25) is 0 Å². The molecule has 1 N–H and O–H groups in total. The molecule has 0 aromatic heterocycles. The Morgan fingerprint density at radius 1 is 1.05 bits per heavy atom. The zero-order chi connectivity index (χ0) is 15.1. The summed E-state index contributed by atoms with van der Waals surface area (Å²) in [5.74, 6) is 1.40. The van der Waals surface area contributed by atoms with Crippen molar-refractivity contribution in [2.75, 3.05) is 33.9 Å². The van der Waals surface area contributed by atoms with Crippen LogP contribution in [0.15, 0.2) is 36.4 Å². The summed E-state index contributed by atoms with van der Waals surface area (Å²) < 4.78 is 10.3. The molecule has 1 unspecified atom stereocenters. The maximum absolute atomic E-state index is 5.27. The van der Waals surface area contributed by atoms with Crippen molar-refractivity contribution >= 4 is 10.8 Å². The van der Waals surface area contributed by atoms with Gasteiger partial charge in [-0.25, -0.2) is 0 Å². The fourth-order valence-electron chi connectivity index (χ4n) is 2.45. The summed E-state index contributed by atoms with van der Waals surface area (Å²) >= 11 is 0. The van der Waals surface area contributed by atoms with E-state index in [0.29, 0.717) is 5.92 Å². The van der Waals surface area contributed by atoms with Gasteiger partial charge >= 0.3 is 0 Å². The lowest BCUT2D eigenvalue weighted by atomic mass is 9.97. The number of ether oxygens (including phenoxy) is 2. The van der Waals surface area contributed by atoms with Gasteiger partial charge < -0.3 is 14.8 Å². The molecule has 0 radical (unpaired) electrons. The van der Waals surface area contributed by atoms with Gasteiger partial charge in [-0.2, -0.15) is 0 Å². The molecule has 0 saturated carbocycles. The Labute approximate surface area is 127 Å². The molecule has 0 bridgehead atoms. The van der Waals surface area contributed by atoms with Crippen molar-refractivity contribution < 1.29 is 9.47 Å². The second-order valence-corrected chi connectivity index (χ2v) is 5.42. The van der Waals surface area contributed by atoms with Gasteiger partial charge in [-0.1, -0.05) is 31.2 Å². The predicted molar refractivity (Wildman–Crippen MR) is 88.3 cm³/mol. The Bertz CT molecular complexity index is 568. The summed E-state index contributed by atoms with van der Waals surface area (Å²) in [6.07, 6.45) is 1.06. The molecule has 1 atom stereocenters. The number of rotatable bonds is 8. The van der Waals surface area contributed by atoms with Crippen molar-refractivity contribution in [2.45, 2.75) is 19.3 Å². The summed E-state index contributed by atoms with van der Waals surface area (Å²) in [7, 11) is 3.44. The van der Waals surface area contributed by atoms with E-state index in [1.807, 2.05) is 6.07 Å². The Balaban J connectivity index is 1.98. The molecule has 3 nitrogen and oxygen atoms in total. The number of fused-ring (bicyclic) bond motifs is 1. The summed E-state index contributed by atoms with van der Waals surface area (Å²) in [6, 6.07) is 12.9. The first-order valence-corrected chi connectivity index (χ1v) is 7.52. The molecule has 0 heterocycles. The summed E-state index contributed by atoms with van der Waals surface area (Å²) in [5, 5.41) is 5.97. The van der Waals surface area contributed by atoms with Crippen molar-refractivity contribution in [1.82, 2.24) is 5.32 Å². The smallest absolute Gasteiger partial charge is 0.119 e. The lowest BCUT2D eigenvalue weighted by molar-refractivity contribution is 0.194. The van der Waals surface area contributed by atoms with E-state index >= 15 is 0 Å². The molecule has 2 rings (SSSR count). The first-order valence-electron chi connectivity index (χ1n) is 7.52. The van der Waals surface area contributed by atoms with E-state index in [1.165, 1.54) is 16.3 Å². The minimum atomic E-state index is 0.499. The Morgan fingerprint density at radius 2 is 1.81 bits per heavy atom. The Hall–Kier alpha value is -1.58. The second-order valence-electron chi connectivity index (χ2n) is 5.42. The van der Waals surface area contributed by atoms with Crippen LogP contribution < -0.4 is 10.1 Å². The summed E-state index contributed by atoms with van der Waals surface area (Å²) in [4.78, 5) is 0. The van der Waals surface area contributed by atoms with Crippen LogP contribution in [0.2, 0.25) is 0 Å². The van der Waals surface area contributed by atoms with Gasteiger partial charge in [0.05, 0.1) is 7.11 Å². The van der Waals surface area contributed by atoms with Crippen LogP contribution in [0.5, 0.6) is 5.75 Å². The van der Waals surface area contributed by atoms with Crippen LogP contribution in [0.25, 0.3) is 10.8 Å². The van der Waals surface area contributed by atoms with E-state index in [4.69, 9.17) is 9.47 Å². The van der Waals surface area contributed by atoms with Crippen molar-refractivity contribution in [3.8, 4) is 5.75 Å². The molecule has 2 aromatic rings. The normalized spacial score (nSPS) is 12.5. The van der Waals surface area contributed by atoms with Crippen molar-refractivity contribution in [3.63, 3.8) is 0 Å². The largest absolute Gasteiger partial charge is 0.497 e. The van der Waals surface area contributed by atoms with Crippen molar-refractivity contribution in [2.24, 2.45) is 0 Å². The van der Waals surface area contributed by atoms with Crippen molar-refractivity contribution in [1.29, 1.82) is 0 Å². The van der Waals surface area contributed by atoms with Gasteiger partial charge in [-0.05, 0) is 47.4 Å². The third kappa shape index (κ3) is 4.45. The molecule has 0 spiro atoms. The third-order valence-electron chi connectivity index (χ3n) is 3.79. The van der Waals surface area contributed by atoms with Crippen LogP contribution in [-0.4, -0.2) is 33.9 Å². The van der Waals surface area contributed by atoms with E-state index in [9.17, 15) is 0 Å². The van der Waals surface area contributed by atoms with E-state index < -0.39 is 0 Å². The second kappa shape index (κ2) is 8.01. The molecule has 0 aliphatic rings. The molecule has 0 aliphatic heterocycles. The number of benzene rings is 2. The molecule has 3 heteroatoms. The molecule has 0 fully saturated rings. The first-order chi connectivity index (χ1) is 10.2. The van der Waals surface area contributed by atoms with E-state index in [1.54, 1.807) is 14.2 Å². The number of hydrogen-bond acceptors (Lipinski definition) is 3. The van der Waals surface area contributed by atoms with Crippen LogP contribution in [0.3, 0.4) is 0 Å². The molecule has 2 aromatic carbocycles. The van der Waals surface area contributed by atoms with Gasteiger partial charge in [0, 0.05) is 20.3 Å². The highest BCUT2D eigenvalue weighted by atomic mass is 16.5. The van der Waals surface area contributed by atoms with Gasteiger partial charge in [-0.15, -0.1) is 0 Å². The molecule has 114 valence electrons. The zero-order valence-corrected chi connectivity index (χ0v) is 13.2. The molecular weight excluding hydrogens is 262 g/mol. The van der Waals surface area contributed by atoms with Gasteiger partial charge in [0.25, 0.3) is 0 Å². The van der Waals surface area contributed by atoms with E-state index in [-0.39, 0.29) is 0 Å². The Kier molecular flexibility index (Phi) is 6.03.